The number of hydrogen-bond acceptors (Lipinski definition) is 2. The van der Waals surface area contributed by atoms with Crippen LogP contribution in [0.25, 0.3) is 0 Å². The van der Waals surface area contributed by atoms with E-state index in [2.05, 4.69) is 27.0 Å². The Bertz CT molecular complexity index is 214. The van der Waals surface area contributed by atoms with Gasteiger partial charge in [0.1, 0.15) is 0 Å². The van der Waals surface area contributed by atoms with E-state index in [4.69, 9.17) is 9.47 Å². The van der Waals surface area contributed by atoms with Gasteiger partial charge < -0.3 is 9.47 Å². The molecule has 13 heavy (non-hydrogen) atoms. The van der Waals surface area contributed by atoms with E-state index in [0.29, 0.717) is 5.76 Å². The van der Waals surface area contributed by atoms with Gasteiger partial charge >= 0.3 is 0 Å². The maximum atomic E-state index is 5.10. The SMILES string of the molecule is C=C/C(C)=C1/OCOC1=C.CCC. The van der Waals surface area contributed by atoms with Crippen LogP contribution < -0.4 is 0 Å². The molecule has 0 aromatic rings. The largest absolute Gasteiger partial charge is 0.454 e. The van der Waals surface area contributed by atoms with Gasteiger partial charge in [0.15, 0.2) is 11.5 Å². The predicted octanol–water partition coefficient (Wildman–Crippen LogP) is 3.38. The Labute approximate surface area is 80.5 Å². The van der Waals surface area contributed by atoms with E-state index < -0.39 is 0 Å². The number of rotatable bonds is 1. The lowest BCUT2D eigenvalue weighted by atomic mass is 10.2. The lowest BCUT2D eigenvalue weighted by Gasteiger charge is -1.96. The van der Waals surface area contributed by atoms with Gasteiger partial charge in [-0.05, 0) is 12.5 Å². The van der Waals surface area contributed by atoms with Gasteiger partial charge in [-0.1, -0.05) is 39.5 Å². The highest BCUT2D eigenvalue weighted by molar-refractivity contribution is 5.30. The molecular weight excluding hydrogens is 164 g/mol. The van der Waals surface area contributed by atoms with Gasteiger partial charge in [0.25, 0.3) is 0 Å². The summed E-state index contributed by atoms with van der Waals surface area (Å²) in [5, 5.41) is 0. The van der Waals surface area contributed by atoms with Crippen molar-refractivity contribution in [3.8, 4) is 0 Å². The Hall–Kier alpha value is -1.18. The van der Waals surface area contributed by atoms with Crippen molar-refractivity contribution in [2.75, 3.05) is 6.79 Å². The molecule has 0 aliphatic carbocycles. The highest BCUT2D eigenvalue weighted by Gasteiger charge is 2.14. The lowest BCUT2D eigenvalue weighted by Crippen LogP contribution is -1.84. The van der Waals surface area contributed by atoms with Gasteiger partial charge in [0, 0.05) is 0 Å². The normalized spacial score (nSPS) is 17.9. The molecule has 1 aliphatic rings. The van der Waals surface area contributed by atoms with Gasteiger partial charge in [0.2, 0.25) is 6.79 Å². The molecule has 1 saturated heterocycles. The first-order chi connectivity index (χ1) is 6.17. The quantitative estimate of drug-likeness (QED) is 0.619. The molecular formula is C11H18O2. The fraction of sp³-hybridized carbons (Fsp3) is 0.455. The van der Waals surface area contributed by atoms with E-state index >= 15 is 0 Å². The minimum atomic E-state index is 0.277. The summed E-state index contributed by atoms with van der Waals surface area (Å²) in [6, 6.07) is 0. The second-order valence-electron chi connectivity index (χ2n) is 2.75. The summed E-state index contributed by atoms with van der Waals surface area (Å²) < 4.78 is 10.1. The average molecular weight is 182 g/mol. The lowest BCUT2D eigenvalue weighted by molar-refractivity contribution is 0.0975. The topological polar surface area (TPSA) is 18.5 Å². The molecule has 0 bridgehead atoms. The first-order valence-corrected chi connectivity index (χ1v) is 4.45. The van der Waals surface area contributed by atoms with Crippen molar-refractivity contribution < 1.29 is 9.47 Å². The van der Waals surface area contributed by atoms with Crippen molar-refractivity contribution in [1.29, 1.82) is 0 Å². The van der Waals surface area contributed by atoms with Gasteiger partial charge in [-0.25, -0.2) is 0 Å². The van der Waals surface area contributed by atoms with Crippen LogP contribution in [0.4, 0.5) is 0 Å². The summed E-state index contributed by atoms with van der Waals surface area (Å²) in [6.45, 7) is 13.7. The van der Waals surface area contributed by atoms with Crippen molar-refractivity contribution in [2.24, 2.45) is 0 Å². The molecule has 0 spiro atoms. The summed E-state index contributed by atoms with van der Waals surface area (Å²) in [5.41, 5.74) is 0.961. The zero-order valence-corrected chi connectivity index (χ0v) is 8.72. The molecule has 0 N–H and O–H groups in total. The second-order valence-corrected chi connectivity index (χ2v) is 2.75. The zero-order valence-electron chi connectivity index (χ0n) is 8.72. The van der Waals surface area contributed by atoms with E-state index in [1.807, 2.05) is 6.92 Å². The standard InChI is InChI=1S/C8H10O2.C3H8/c1-4-6(2)8-7(3)9-5-10-8;1-3-2/h4H,1,3,5H2,2H3;3H2,1-2H3/b8-6+;. The smallest absolute Gasteiger partial charge is 0.231 e. The van der Waals surface area contributed by atoms with E-state index in [1.54, 1.807) is 6.08 Å². The maximum absolute atomic E-state index is 5.10. The Morgan fingerprint density at radius 1 is 1.46 bits per heavy atom. The molecule has 0 radical (unpaired) electrons. The molecule has 0 unspecified atom stereocenters. The molecule has 0 aromatic heterocycles. The highest BCUT2D eigenvalue weighted by Crippen LogP contribution is 2.22. The van der Waals surface area contributed by atoms with Crippen molar-refractivity contribution in [3.63, 3.8) is 0 Å². The minimum absolute atomic E-state index is 0.277. The average Bonchev–Trinajstić information content (AvgIpc) is 2.52. The Morgan fingerprint density at radius 2 is 2.00 bits per heavy atom. The number of ether oxygens (including phenoxy) is 2. The fourth-order valence-corrected chi connectivity index (χ4v) is 0.732. The van der Waals surface area contributed by atoms with E-state index in [0.717, 1.165) is 11.3 Å². The molecule has 2 nitrogen and oxygen atoms in total. The molecule has 1 fully saturated rings. The van der Waals surface area contributed by atoms with Crippen LogP contribution in [-0.2, 0) is 9.47 Å². The van der Waals surface area contributed by atoms with Gasteiger partial charge in [-0.3, -0.25) is 0 Å². The highest BCUT2D eigenvalue weighted by atomic mass is 16.7. The molecule has 1 aliphatic heterocycles. The maximum Gasteiger partial charge on any atom is 0.231 e. The predicted molar refractivity (Wildman–Crippen MR) is 55.0 cm³/mol. The van der Waals surface area contributed by atoms with Crippen molar-refractivity contribution in [3.05, 3.63) is 36.3 Å². The number of hydrogen-bond donors (Lipinski definition) is 0. The third-order valence-corrected chi connectivity index (χ3v) is 1.35. The molecule has 1 heterocycles. The summed E-state index contributed by atoms with van der Waals surface area (Å²) in [4.78, 5) is 0. The van der Waals surface area contributed by atoms with Gasteiger partial charge in [-0.2, -0.15) is 0 Å². The van der Waals surface area contributed by atoms with Crippen LogP contribution in [0.5, 0.6) is 0 Å². The second kappa shape index (κ2) is 6.35. The first kappa shape index (κ1) is 11.8. The Balaban J connectivity index is 0.000000424. The van der Waals surface area contributed by atoms with Crippen LogP contribution in [0.15, 0.2) is 36.3 Å². The van der Waals surface area contributed by atoms with Crippen molar-refractivity contribution >= 4 is 0 Å². The summed E-state index contributed by atoms with van der Waals surface area (Å²) in [6.07, 6.45) is 2.97. The van der Waals surface area contributed by atoms with E-state index in [9.17, 15) is 0 Å². The van der Waals surface area contributed by atoms with Crippen LogP contribution in [0.3, 0.4) is 0 Å². The van der Waals surface area contributed by atoms with Crippen LogP contribution >= 0.6 is 0 Å². The molecule has 2 heteroatoms. The first-order valence-electron chi connectivity index (χ1n) is 4.45. The summed E-state index contributed by atoms with van der Waals surface area (Å²) in [5.74, 6) is 1.31. The third kappa shape index (κ3) is 3.83. The van der Waals surface area contributed by atoms with Crippen LogP contribution in [0, 0.1) is 0 Å². The van der Waals surface area contributed by atoms with Crippen molar-refractivity contribution in [1.82, 2.24) is 0 Å². The molecule has 74 valence electrons. The van der Waals surface area contributed by atoms with Crippen molar-refractivity contribution in [2.45, 2.75) is 27.2 Å². The van der Waals surface area contributed by atoms with E-state index in [1.165, 1.54) is 6.42 Å². The summed E-state index contributed by atoms with van der Waals surface area (Å²) in [7, 11) is 0. The third-order valence-electron chi connectivity index (χ3n) is 1.35. The monoisotopic (exact) mass is 182 g/mol. The van der Waals surface area contributed by atoms with E-state index in [-0.39, 0.29) is 6.79 Å². The van der Waals surface area contributed by atoms with Crippen LogP contribution in [-0.4, -0.2) is 6.79 Å². The van der Waals surface area contributed by atoms with Gasteiger partial charge in [0.05, 0.1) is 0 Å². The molecule has 0 saturated carbocycles. The fourth-order valence-electron chi connectivity index (χ4n) is 0.732. The molecule has 0 atom stereocenters. The minimum Gasteiger partial charge on any atom is -0.454 e. The van der Waals surface area contributed by atoms with Gasteiger partial charge in [-0.15, -0.1) is 0 Å². The Morgan fingerprint density at radius 3 is 2.31 bits per heavy atom. The molecule has 1 rings (SSSR count). The van der Waals surface area contributed by atoms with Crippen LogP contribution in [0.1, 0.15) is 27.2 Å². The number of allylic oxidation sites excluding steroid dienone is 2. The molecule has 0 amide bonds. The van der Waals surface area contributed by atoms with Crippen LogP contribution in [0.2, 0.25) is 0 Å². The molecule has 0 aromatic carbocycles. The Kier molecular flexibility index (Phi) is 5.77. The zero-order chi connectivity index (χ0) is 10.3. The summed E-state index contributed by atoms with van der Waals surface area (Å²) >= 11 is 0.